The van der Waals surface area contributed by atoms with Gasteiger partial charge < -0.3 is 4.90 Å². The maximum absolute atomic E-state index is 14.6. The van der Waals surface area contributed by atoms with Gasteiger partial charge in [-0.3, -0.25) is 4.79 Å². The lowest BCUT2D eigenvalue weighted by Crippen LogP contribution is -2.44. The Morgan fingerprint density at radius 3 is 2.41 bits per heavy atom. The van der Waals surface area contributed by atoms with Gasteiger partial charge in [-0.05, 0) is 47.4 Å². The van der Waals surface area contributed by atoms with Gasteiger partial charge in [0.1, 0.15) is 6.04 Å². The van der Waals surface area contributed by atoms with Crippen molar-refractivity contribution in [3.63, 3.8) is 0 Å². The second-order valence-corrected chi connectivity index (χ2v) is 10.0. The Kier molecular flexibility index (Phi) is 5.21. The van der Waals surface area contributed by atoms with Gasteiger partial charge in [0.25, 0.3) is 0 Å². The van der Waals surface area contributed by atoms with Gasteiger partial charge in [0.2, 0.25) is 0 Å². The van der Waals surface area contributed by atoms with E-state index < -0.39 is 23.4 Å². The number of Topliss-reactive ketones (excluding diaryl/α,β-unsaturated/α-hetero) is 1. The fourth-order valence-corrected chi connectivity index (χ4v) is 6.35. The number of anilines is 1. The summed E-state index contributed by atoms with van der Waals surface area (Å²) in [5.41, 5.74) is 3.83. The van der Waals surface area contributed by atoms with E-state index in [1.807, 2.05) is 116 Å². The Balaban J connectivity index is 1.68. The molecule has 0 unspecified atom stereocenters. The molecular weight excluding hydrogens is 454 g/mol. The molecule has 0 amide bonds. The SMILES string of the molecule is Cc1ccc(C(=O)[C@H]2[C@H](c3cccc4ccccc34)C(C#N)(C#N)[C@H]3C=Cc4ccccc4N23)c(C)c1. The maximum atomic E-state index is 14.6. The minimum absolute atomic E-state index is 0.0714. The van der Waals surface area contributed by atoms with Crippen molar-refractivity contribution in [2.75, 3.05) is 4.90 Å². The van der Waals surface area contributed by atoms with Crippen LogP contribution in [0.5, 0.6) is 0 Å². The Morgan fingerprint density at radius 2 is 1.62 bits per heavy atom. The van der Waals surface area contributed by atoms with E-state index >= 15 is 0 Å². The van der Waals surface area contributed by atoms with Crippen molar-refractivity contribution in [2.24, 2.45) is 5.41 Å². The first-order valence-electron chi connectivity index (χ1n) is 12.5. The predicted molar refractivity (Wildman–Crippen MR) is 146 cm³/mol. The van der Waals surface area contributed by atoms with Crippen molar-refractivity contribution in [1.29, 1.82) is 10.5 Å². The highest BCUT2D eigenvalue weighted by Gasteiger charge is 2.63. The molecule has 4 heteroatoms. The number of hydrogen-bond donors (Lipinski definition) is 0. The molecule has 0 saturated carbocycles. The van der Waals surface area contributed by atoms with Crippen LogP contribution in [0.25, 0.3) is 16.8 Å². The summed E-state index contributed by atoms with van der Waals surface area (Å²) >= 11 is 0. The summed E-state index contributed by atoms with van der Waals surface area (Å²) in [5.74, 6) is -0.736. The van der Waals surface area contributed by atoms with Crippen LogP contribution in [0.3, 0.4) is 0 Å². The van der Waals surface area contributed by atoms with Crippen molar-refractivity contribution in [1.82, 2.24) is 0 Å². The lowest BCUT2D eigenvalue weighted by Gasteiger charge is -2.35. The molecule has 4 nitrogen and oxygen atoms in total. The summed E-state index contributed by atoms with van der Waals surface area (Å²) < 4.78 is 0. The van der Waals surface area contributed by atoms with E-state index in [4.69, 9.17) is 0 Å². The van der Waals surface area contributed by atoms with Crippen LogP contribution in [0.2, 0.25) is 0 Å². The van der Waals surface area contributed by atoms with Gasteiger partial charge in [-0.25, -0.2) is 0 Å². The Bertz CT molecular complexity index is 1670. The van der Waals surface area contributed by atoms with Crippen molar-refractivity contribution in [3.05, 3.63) is 119 Å². The lowest BCUT2D eigenvalue weighted by atomic mass is 9.68. The number of aryl methyl sites for hydroxylation is 2. The van der Waals surface area contributed by atoms with Gasteiger partial charge in [-0.15, -0.1) is 0 Å². The van der Waals surface area contributed by atoms with Gasteiger partial charge in [-0.2, -0.15) is 10.5 Å². The predicted octanol–water partition coefficient (Wildman–Crippen LogP) is 6.74. The largest absolute Gasteiger partial charge is 0.351 e. The highest BCUT2D eigenvalue weighted by molar-refractivity contribution is 6.06. The molecule has 1 saturated heterocycles. The molecule has 3 atom stereocenters. The van der Waals surface area contributed by atoms with Crippen LogP contribution in [-0.4, -0.2) is 17.9 Å². The summed E-state index contributed by atoms with van der Waals surface area (Å²) in [6.45, 7) is 3.96. The molecule has 1 fully saturated rings. The van der Waals surface area contributed by atoms with Crippen LogP contribution in [-0.2, 0) is 0 Å². The number of carbonyl (C=O) groups excluding carboxylic acids is 1. The molecule has 0 radical (unpaired) electrons. The van der Waals surface area contributed by atoms with E-state index in [2.05, 4.69) is 12.1 Å². The zero-order chi connectivity index (χ0) is 25.7. The molecule has 4 aromatic rings. The number of fused-ring (bicyclic) bond motifs is 4. The van der Waals surface area contributed by atoms with E-state index in [-0.39, 0.29) is 5.78 Å². The van der Waals surface area contributed by atoms with Gasteiger partial charge in [0, 0.05) is 17.2 Å². The van der Waals surface area contributed by atoms with E-state index in [1.54, 1.807) is 0 Å². The van der Waals surface area contributed by atoms with Crippen molar-refractivity contribution >= 4 is 28.3 Å². The summed E-state index contributed by atoms with van der Waals surface area (Å²) in [5, 5.41) is 23.4. The number of hydrogen-bond acceptors (Lipinski definition) is 4. The van der Waals surface area contributed by atoms with Crippen molar-refractivity contribution in [3.8, 4) is 12.1 Å². The highest BCUT2D eigenvalue weighted by Crippen LogP contribution is 2.56. The van der Waals surface area contributed by atoms with Crippen LogP contribution in [0.15, 0.2) is 91.0 Å². The fourth-order valence-electron chi connectivity index (χ4n) is 6.35. The van der Waals surface area contributed by atoms with Gasteiger partial charge in [0.05, 0.1) is 18.2 Å². The molecule has 2 aliphatic heterocycles. The number of carbonyl (C=O) groups is 1. The Labute approximate surface area is 216 Å². The molecule has 0 bridgehead atoms. The molecule has 37 heavy (non-hydrogen) atoms. The topological polar surface area (TPSA) is 67.9 Å². The quantitative estimate of drug-likeness (QED) is 0.305. The first kappa shape index (κ1) is 22.8. The second kappa shape index (κ2) is 8.47. The Hall–Kier alpha value is -4.67. The molecular formula is C33H25N3O. The maximum Gasteiger partial charge on any atom is 0.186 e. The molecule has 6 rings (SSSR count). The number of benzene rings is 4. The molecule has 2 aliphatic rings. The third kappa shape index (κ3) is 3.23. The summed E-state index contributed by atoms with van der Waals surface area (Å²) in [4.78, 5) is 16.6. The van der Waals surface area contributed by atoms with Crippen LogP contribution in [0.1, 0.15) is 38.5 Å². The number of rotatable bonds is 3. The van der Waals surface area contributed by atoms with Crippen LogP contribution >= 0.6 is 0 Å². The summed E-state index contributed by atoms with van der Waals surface area (Å²) in [6, 6.07) is 31.2. The van der Waals surface area contributed by atoms with Gasteiger partial charge >= 0.3 is 0 Å². The first-order chi connectivity index (χ1) is 18.0. The lowest BCUT2D eigenvalue weighted by molar-refractivity contribution is 0.0950. The van der Waals surface area contributed by atoms with Crippen LogP contribution in [0, 0.1) is 41.9 Å². The standard InChI is InChI=1S/C33H25N3O/c1-21-14-16-25(22(2)18-21)32(37)31-30(27-12-7-10-23-8-3-5-11-26(23)27)33(19-34,20-35)29-17-15-24-9-4-6-13-28(24)36(29)31/h3-18,29-31H,1-2H3/t29-,30+,31-/m1/s1. The molecule has 4 aromatic carbocycles. The zero-order valence-electron chi connectivity index (χ0n) is 20.7. The molecule has 0 aliphatic carbocycles. The monoisotopic (exact) mass is 479 g/mol. The van der Waals surface area contributed by atoms with E-state index in [1.165, 1.54) is 0 Å². The van der Waals surface area contributed by atoms with Crippen LogP contribution < -0.4 is 4.90 Å². The smallest absolute Gasteiger partial charge is 0.186 e. The second-order valence-electron chi connectivity index (χ2n) is 10.0. The summed E-state index contributed by atoms with van der Waals surface area (Å²) in [7, 11) is 0. The highest BCUT2D eigenvalue weighted by atomic mass is 16.1. The van der Waals surface area contributed by atoms with Crippen molar-refractivity contribution in [2.45, 2.75) is 31.8 Å². The normalized spacial score (nSPS) is 21.1. The minimum atomic E-state index is -1.47. The zero-order valence-corrected chi connectivity index (χ0v) is 20.7. The number of ketones is 1. The fraction of sp³-hybridized carbons (Fsp3) is 0.182. The van der Waals surface area contributed by atoms with Gasteiger partial charge in [-0.1, -0.05) is 96.6 Å². The molecule has 2 heterocycles. The summed E-state index contributed by atoms with van der Waals surface area (Å²) in [6.07, 6.45) is 3.91. The Morgan fingerprint density at radius 1 is 0.892 bits per heavy atom. The molecule has 178 valence electrons. The molecule has 0 spiro atoms. The molecule has 0 aromatic heterocycles. The molecule has 0 N–H and O–H groups in total. The van der Waals surface area contributed by atoms with Crippen LogP contribution in [0.4, 0.5) is 5.69 Å². The average molecular weight is 480 g/mol. The average Bonchev–Trinajstić information content (AvgIpc) is 3.23. The third-order valence-corrected chi connectivity index (χ3v) is 7.99. The van der Waals surface area contributed by atoms with E-state index in [0.717, 1.165) is 38.7 Å². The van der Waals surface area contributed by atoms with E-state index in [9.17, 15) is 15.3 Å². The minimum Gasteiger partial charge on any atom is -0.351 e. The van der Waals surface area contributed by atoms with E-state index in [0.29, 0.717) is 5.56 Å². The first-order valence-corrected chi connectivity index (χ1v) is 12.5. The van der Waals surface area contributed by atoms with Gasteiger partial charge in [0.15, 0.2) is 11.2 Å². The number of nitrogens with zero attached hydrogens (tertiary/aromatic N) is 3. The third-order valence-electron chi connectivity index (χ3n) is 7.99. The number of nitriles is 2. The number of para-hydroxylation sites is 1. The van der Waals surface area contributed by atoms with Crippen molar-refractivity contribution < 1.29 is 4.79 Å².